The van der Waals surface area contributed by atoms with Gasteiger partial charge in [0.25, 0.3) is 0 Å². The van der Waals surface area contributed by atoms with Gasteiger partial charge in [-0.25, -0.2) is 0 Å². The molecular formula is C38H62N2O7. The number of esters is 1. The number of rotatable bonds is 11. The van der Waals surface area contributed by atoms with E-state index in [1.807, 2.05) is 13.0 Å². The van der Waals surface area contributed by atoms with Crippen LogP contribution in [0.3, 0.4) is 0 Å². The second kappa shape index (κ2) is 12.8. The summed E-state index contributed by atoms with van der Waals surface area (Å²) in [6, 6.07) is 0.101. The van der Waals surface area contributed by atoms with Crippen LogP contribution in [0.1, 0.15) is 101 Å². The third kappa shape index (κ3) is 5.45. The molecule has 3 unspecified atom stereocenters. The van der Waals surface area contributed by atoms with Gasteiger partial charge in [-0.15, -0.1) is 0 Å². The van der Waals surface area contributed by atoms with Crippen LogP contribution in [0.4, 0.5) is 0 Å². The highest BCUT2D eigenvalue weighted by atomic mass is 16.6. The lowest BCUT2D eigenvalue weighted by Gasteiger charge is -2.70. The van der Waals surface area contributed by atoms with E-state index in [0.29, 0.717) is 38.7 Å². The first-order valence-electron chi connectivity index (χ1n) is 18.2. The zero-order valence-electron chi connectivity index (χ0n) is 30.4. The number of aliphatic carboxylic acids is 1. The van der Waals surface area contributed by atoms with Gasteiger partial charge in [-0.3, -0.25) is 14.4 Å². The number of carbonyl (C=O) groups excluding carboxylic acids is 2. The molecule has 9 heteroatoms. The number of hydrogen-bond donors (Lipinski definition) is 3. The highest BCUT2D eigenvalue weighted by molar-refractivity contribution is 6.00. The molecule has 5 aliphatic rings. The van der Waals surface area contributed by atoms with E-state index in [-0.39, 0.29) is 41.7 Å². The van der Waals surface area contributed by atoms with Crippen molar-refractivity contribution in [3.63, 3.8) is 0 Å². The van der Waals surface area contributed by atoms with E-state index in [1.165, 1.54) is 6.92 Å². The summed E-state index contributed by atoms with van der Waals surface area (Å²) in [5.74, 6) is -1.41. The van der Waals surface area contributed by atoms with Gasteiger partial charge < -0.3 is 30.4 Å². The van der Waals surface area contributed by atoms with Gasteiger partial charge in [-0.2, -0.15) is 0 Å². The van der Waals surface area contributed by atoms with Gasteiger partial charge in [-0.1, -0.05) is 54.0 Å². The quantitative estimate of drug-likeness (QED) is 0.197. The van der Waals surface area contributed by atoms with Crippen molar-refractivity contribution in [1.82, 2.24) is 5.32 Å². The Balaban J connectivity index is 1.56. The maximum absolute atomic E-state index is 14.8. The van der Waals surface area contributed by atoms with Gasteiger partial charge in [0, 0.05) is 29.2 Å². The molecule has 0 aromatic heterocycles. The molecule has 4 fully saturated rings. The van der Waals surface area contributed by atoms with Gasteiger partial charge in [-0.05, 0) is 99.1 Å². The minimum absolute atomic E-state index is 0.0374. The van der Waals surface area contributed by atoms with Gasteiger partial charge in [0.2, 0.25) is 0 Å². The van der Waals surface area contributed by atoms with Crippen LogP contribution in [0.15, 0.2) is 11.6 Å². The standard InChI is InChI=1S/C38H62N2O7/c1-22(2)24(4)34(6)13-14-36(8)26-11-12-29-35(7)20-45-21-38(29,27(26)17-30(42)37(36,9)31(34)33(43)44)18-28(47-25(5)41)32(35)46-19-23(3)40-16-10-15-39/h17,22-24,26,28-29,31-32,40H,10-16,18-21,39H2,1-9H3,(H,43,44)/t23?,24-,26+,28-,29?,31-,32+,34-,35?,36-,37+,38+/m1/s1. The minimum Gasteiger partial charge on any atom is -0.481 e. The predicted molar refractivity (Wildman–Crippen MR) is 180 cm³/mol. The summed E-state index contributed by atoms with van der Waals surface area (Å²) in [5, 5.41) is 14.4. The normalized spacial score (nSPS) is 44.0. The molecule has 3 saturated carbocycles. The van der Waals surface area contributed by atoms with Gasteiger partial charge >= 0.3 is 11.9 Å². The Morgan fingerprint density at radius 1 is 1.11 bits per heavy atom. The summed E-state index contributed by atoms with van der Waals surface area (Å²) in [6.07, 6.45) is 5.79. The molecule has 9 nitrogen and oxygen atoms in total. The average Bonchev–Trinajstić information content (AvgIpc) is 2.97. The second-order valence-electron chi connectivity index (χ2n) is 17.3. The molecule has 0 radical (unpaired) electrons. The Morgan fingerprint density at radius 2 is 1.81 bits per heavy atom. The molecule has 0 amide bonds. The SMILES string of the molecule is CC(=O)O[C@@H]1C[C@@]23COCC(C)(C2CC[C@H]2C3=CC(=O)[C@@]3(C)[C@H](C(=O)O)[C@@](C)([C@H](C)C(C)C)CC[C@]23C)[C@H]1OCC(C)NCCCN. The summed E-state index contributed by atoms with van der Waals surface area (Å²) >= 11 is 0. The fourth-order valence-electron chi connectivity index (χ4n) is 11.7. The van der Waals surface area contributed by atoms with E-state index < -0.39 is 45.1 Å². The van der Waals surface area contributed by atoms with Crippen molar-refractivity contribution in [1.29, 1.82) is 0 Å². The molecule has 4 N–H and O–H groups in total. The van der Waals surface area contributed by atoms with Gasteiger partial charge in [0.15, 0.2) is 5.78 Å². The molecule has 266 valence electrons. The molecule has 0 spiro atoms. The largest absolute Gasteiger partial charge is 0.481 e. The number of carboxylic acid groups (broad SMARTS) is 1. The molecule has 1 aliphatic heterocycles. The summed E-state index contributed by atoms with van der Waals surface area (Å²) < 4.78 is 19.3. The first-order valence-corrected chi connectivity index (χ1v) is 18.2. The summed E-state index contributed by atoms with van der Waals surface area (Å²) in [5.41, 5.74) is 3.76. The topological polar surface area (TPSA) is 137 Å². The molecule has 47 heavy (non-hydrogen) atoms. The Labute approximate surface area is 282 Å². The van der Waals surface area contributed by atoms with Crippen LogP contribution in [0.2, 0.25) is 0 Å². The fourth-order valence-corrected chi connectivity index (χ4v) is 11.7. The van der Waals surface area contributed by atoms with E-state index in [2.05, 4.69) is 53.8 Å². The molecular weight excluding hydrogens is 596 g/mol. The van der Waals surface area contributed by atoms with E-state index in [0.717, 1.165) is 44.2 Å². The molecule has 1 saturated heterocycles. The van der Waals surface area contributed by atoms with Crippen molar-refractivity contribution < 1.29 is 33.7 Å². The number of carbonyl (C=O) groups is 3. The van der Waals surface area contributed by atoms with Crippen molar-refractivity contribution in [2.45, 2.75) is 119 Å². The van der Waals surface area contributed by atoms with Crippen molar-refractivity contribution in [2.24, 2.45) is 62.4 Å². The fraction of sp³-hybridized carbons (Fsp3) is 0.868. The monoisotopic (exact) mass is 658 g/mol. The molecule has 5 rings (SSSR count). The molecule has 1 heterocycles. The number of fused-ring (bicyclic) bond motifs is 3. The first-order chi connectivity index (χ1) is 21.9. The number of nitrogens with one attached hydrogen (secondary N) is 1. The third-order valence-corrected chi connectivity index (χ3v) is 14.7. The maximum Gasteiger partial charge on any atom is 0.308 e. The number of allylic oxidation sites excluding steroid dienone is 1. The molecule has 4 aliphatic carbocycles. The lowest BCUT2D eigenvalue weighted by Crippen LogP contribution is -2.71. The zero-order valence-corrected chi connectivity index (χ0v) is 30.4. The molecule has 2 bridgehead atoms. The van der Waals surface area contributed by atoms with Gasteiger partial charge in [0.05, 0.1) is 25.7 Å². The Bertz CT molecular complexity index is 1270. The van der Waals surface area contributed by atoms with Crippen LogP contribution in [0.25, 0.3) is 0 Å². The Hall–Kier alpha value is -1.81. The first kappa shape index (κ1) is 36.5. The molecule has 0 aromatic carbocycles. The molecule has 0 aromatic rings. The van der Waals surface area contributed by atoms with Crippen molar-refractivity contribution >= 4 is 17.7 Å². The number of carboxylic acids is 1. The number of nitrogens with two attached hydrogens (primary N) is 1. The van der Waals surface area contributed by atoms with Crippen molar-refractivity contribution in [3.05, 3.63) is 11.6 Å². The van der Waals surface area contributed by atoms with E-state index in [4.69, 9.17) is 19.9 Å². The van der Waals surface area contributed by atoms with Crippen LogP contribution < -0.4 is 11.1 Å². The van der Waals surface area contributed by atoms with Crippen LogP contribution in [0.5, 0.6) is 0 Å². The van der Waals surface area contributed by atoms with Crippen LogP contribution >= 0.6 is 0 Å². The lowest BCUT2D eigenvalue weighted by molar-refractivity contribution is -0.266. The van der Waals surface area contributed by atoms with E-state index >= 15 is 0 Å². The zero-order chi connectivity index (χ0) is 34.7. The second-order valence-corrected chi connectivity index (χ2v) is 17.3. The van der Waals surface area contributed by atoms with Crippen LogP contribution in [0, 0.1) is 56.7 Å². The Kier molecular flexibility index (Phi) is 9.95. The highest BCUT2D eigenvalue weighted by Crippen LogP contribution is 2.74. The minimum atomic E-state index is -1.05. The van der Waals surface area contributed by atoms with E-state index in [9.17, 15) is 19.5 Å². The van der Waals surface area contributed by atoms with Crippen LogP contribution in [-0.2, 0) is 28.6 Å². The predicted octanol–water partition coefficient (Wildman–Crippen LogP) is 5.40. The van der Waals surface area contributed by atoms with Crippen molar-refractivity contribution in [3.8, 4) is 0 Å². The summed E-state index contributed by atoms with van der Waals surface area (Å²) in [4.78, 5) is 40.7. The van der Waals surface area contributed by atoms with Crippen LogP contribution in [-0.4, -0.2) is 74.0 Å². The Morgan fingerprint density at radius 3 is 2.43 bits per heavy atom. The van der Waals surface area contributed by atoms with Gasteiger partial charge in [0.1, 0.15) is 12.2 Å². The van der Waals surface area contributed by atoms with Crippen molar-refractivity contribution in [2.75, 3.05) is 32.9 Å². The molecule has 12 atom stereocenters. The highest BCUT2D eigenvalue weighted by Gasteiger charge is 2.74. The van der Waals surface area contributed by atoms with E-state index in [1.54, 1.807) is 0 Å². The third-order valence-electron chi connectivity index (χ3n) is 14.7. The summed E-state index contributed by atoms with van der Waals surface area (Å²) in [6.45, 7) is 21.4. The smallest absolute Gasteiger partial charge is 0.308 e. The number of ketones is 1. The summed E-state index contributed by atoms with van der Waals surface area (Å²) in [7, 11) is 0. The average molecular weight is 659 g/mol. The lowest BCUT2D eigenvalue weighted by atomic mass is 9.34. The number of ether oxygens (including phenoxy) is 3. The maximum atomic E-state index is 14.8. The number of hydrogen-bond acceptors (Lipinski definition) is 8.